The van der Waals surface area contributed by atoms with Gasteiger partial charge in [0.2, 0.25) is 5.95 Å². The molecule has 0 bridgehead atoms. The Hall–Kier alpha value is -3.18. The molecule has 3 aromatic rings. The van der Waals surface area contributed by atoms with E-state index < -0.39 is 24.1 Å². The smallest absolute Gasteiger partial charge is 0.224 e. The molecule has 32 heavy (non-hydrogen) atoms. The number of imidazole rings is 1. The summed E-state index contributed by atoms with van der Waals surface area (Å²) in [5, 5.41) is 2.92. The number of benzene rings is 1. The molecule has 0 unspecified atom stereocenters. The molecule has 10 nitrogen and oxygen atoms in total. The number of alkyl halides is 1. The van der Waals surface area contributed by atoms with Crippen LogP contribution >= 0.6 is 0 Å². The number of hydrogen-bond acceptors (Lipinski definition) is 9. The molecule has 3 N–H and O–H groups in total. The fourth-order valence-electron chi connectivity index (χ4n) is 4.10. The molecule has 0 radical (unpaired) electrons. The highest BCUT2D eigenvalue weighted by Crippen LogP contribution is 2.44. The van der Waals surface area contributed by atoms with Crippen molar-refractivity contribution in [3.63, 3.8) is 0 Å². The van der Waals surface area contributed by atoms with Gasteiger partial charge in [-0.15, -0.1) is 0 Å². The van der Waals surface area contributed by atoms with Crippen LogP contribution in [0.2, 0.25) is 0 Å². The Bertz CT molecular complexity index is 1120. The molecule has 1 aliphatic rings. The van der Waals surface area contributed by atoms with Gasteiger partial charge in [-0.05, 0) is 32.0 Å². The van der Waals surface area contributed by atoms with Crippen molar-refractivity contribution in [1.29, 1.82) is 0 Å². The maximum Gasteiger partial charge on any atom is 0.224 e. The van der Waals surface area contributed by atoms with E-state index in [9.17, 15) is 0 Å². The van der Waals surface area contributed by atoms with E-state index in [1.165, 1.54) is 17.8 Å². The molecule has 2 aromatic heterocycles. The summed E-state index contributed by atoms with van der Waals surface area (Å²) >= 11 is 0. The Morgan fingerprint density at radius 1 is 1.28 bits per heavy atom. The van der Waals surface area contributed by atoms with Gasteiger partial charge < -0.3 is 30.0 Å². The van der Waals surface area contributed by atoms with Crippen molar-refractivity contribution in [1.82, 2.24) is 19.5 Å². The molecule has 172 valence electrons. The Balaban J connectivity index is 1.62. The number of rotatable bonds is 7. The van der Waals surface area contributed by atoms with E-state index in [2.05, 4.69) is 20.3 Å². The second-order valence-electron chi connectivity index (χ2n) is 7.76. The zero-order valence-corrected chi connectivity index (χ0v) is 18.6. The number of aromatic nitrogens is 4. The molecule has 11 heteroatoms. The van der Waals surface area contributed by atoms with Crippen LogP contribution in [0, 0.1) is 0 Å². The van der Waals surface area contributed by atoms with Crippen LogP contribution in [0.25, 0.3) is 11.2 Å². The lowest BCUT2D eigenvalue weighted by molar-refractivity contribution is -0.0606. The third-order valence-corrected chi connectivity index (χ3v) is 5.64. The number of nitrogen functional groups attached to an aromatic ring is 1. The highest BCUT2D eigenvalue weighted by atomic mass is 19.1. The van der Waals surface area contributed by atoms with Gasteiger partial charge in [-0.2, -0.15) is 9.97 Å². The van der Waals surface area contributed by atoms with E-state index in [-0.39, 0.29) is 12.6 Å². The normalized spacial score (nSPS) is 25.2. The van der Waals surface area contributed by atoms with Crippen molar-refractivity contribution in [3.8, 4) is 11.5 Å². The SMILES string of the molecule is CNc1nc(N)nc2c1ncn2[C@@H]1O[C@H](C)[C@@H](OCc2cc(OC)ccc2OC)[C@@]1(C)F. The number of halogens is 1. The van der Waals surface area contributed by atoms with Crippen LogP contribution in [0.4, 0.5) is 16.2 Å². The Morgan fingerprint density at radius 2 is 2.06 bits per heavy atom. The number of anilines is 2. The van der Waals surface area contributed by atoms with Gasteiger partial charge in [0.1, 0.15) is 17.6 Å². The molecule has 0 aliphatic carbocycles. The highest BCUT2D eigenvalue weighted by Gasteiger charge is 2.55. The number of ether oxygens (including phenoxy) is 4. The first-order valence-electron chi connectivity index (χ1n) is 10.1. The maximum atomic E-state index is 16.2. The number of nitrogens with two attached hydrogens (primary N) is 1. The average molecular weight is 446 g/mol. The minimum atomic E-state index is -1.89. The second kappa shape index (κ2) is 8.40. The summed E-state index contributed by atoms with van der Waals surface area (Å²) in [6.45, 7) is 3.34. The zero-order valence-electron chi connectivity index (χ0n) is 18.6. The number of fused-ring (bicyclic) bond motifs is 1. The molecular formula is C21H27FN6O4. The predicted octanol–water partition coefficient (Wildman–Crippen LogP) is 2.70. The van der Waals surface area contributed by atoms with Crippen LogP contribution in [-0.2, 0) is 16.1 Å². The van der Waals surface area contributed by atoms with Gasteiger partial charge in [0.25, 0.3) is 0 Å². The van der Waals surface area contributed by atoms with Crippen molar-refractivity contribution in [3.05, 3.63) is 30.1 Å². The van der Waals surface area contributed by atoms with Crippen molar-refractivity contribution in [2.45, 2.75) is 44.6 Å². The summed E-state index contributed by atoms with van der Waals surface area (Å²) in [5.74, 6) is 1.79. The summed E-state index contributed by atoms with van der Waals surface area (Å²) < 4.78 is 40.4. The van der Waals surface area contributed by atoms with E-state index in [1.54, 1.807) is 46.4 Å². The monoisotopic (exact) mass is 446 g/mol. The third-order valence-electron chi connectivity index (χ3n) is 5.64. The summed E-state index contributed by atoms with van der Waals surface area (Å²) in [6, 6.07) is 5.37. The third kappa shape index (κ3) is 3.67. The number of hydrogen-bond donors (Lipinski definition) is 2. The fraction of sp³-hybridized carbons (Fsp3) is 0.476. The molecule has 0 amide bonds. The van der Waals surface area contributed by atoms with E-state index in [0.29, 0.717) is 28.5 Å². The highest BCUT2D eigenvalue weighted by molar-refractivity contribution is 5.84. The summed E-state index contributed by atoms with van der Waals surface area (Å²) in [7, 11) is 4.84. The minimum Gasteiger partial charge on any atom is -0.497 e. The van der Waals surface area contributed by atoms with Crippen molar-refractivity contribution < 1.29 is 23.3 Å². The Labute approximate surface area is 184 Å². The van der Waals surface area contributed by atoms with Crippen molar-refractivity contribution in [2.75, 3.05) is 32.3 Å². The quantitative estimate of drug-likeness (QED) is 0.564. The fourth-order valence-corrected chi connectivity index (χ4v) is 4.10. The Morgan fingerprint density at radius 3 is 2.75 bits per heavy atom. The standard InChI is InChI=1S/C21H27FN6O4/c1-11-16(31-9-12-8-13(29-4)6-7-14(12)30-5)21(2,22)19(32-11)28-10-25-15-17(24-3)26-20(23)27-18(15)28/h6-8,10-11,16,19H,9H2,1-5H3,(H3,23,24,26,27)/t11-,16-,19-,21-/m1/s1. The zero-order chi connectivity index (χ0) is 23.0. The van der Waals surface area contributed by atoms with Crippen molar-refractivity contribution >= 4 is 22.9 Å². The lowest BCUT2D eigenvalue weighted by Gasteiger charge is -2.28. The molecule has 0 saturated carbocycles. The Kier molecular flexibility index (Phi) is 5.78. The summed E-state index contributed by atoms with van der Waals surface area (Å²) in [4.78, 5) is 12.7. The van der Waals surface area contributed by atoms with Crippen molar-refractivity contribution in [2.24, 2.45) is 0 Å². The molecule has 4 atom stereocenters. The van der Waals surface area contributed by atoms with Gasteiger partial charge in [0, 0.05) is 12.6 Å². The van der Waals surface area contributed by atoms with Crippen LogP contribution in [0.5, 0.6) is 11.5 Å². The van der Waals surface area contributed by atoms with Gasteiger partial charge in [-0.25, -0.2) is 9.37 Å². The van der Waals surface area contributed by atoms with E-state index in [4.69, 9.17) is 24.7 Å². The van der Waals surface area contributed by atoms with Gasteiger partial charge >= 0.3 is 0 Å². The first-order chi connectivity index (χ1) is 15.3. The minimum absolute atomic E-state index is 0.0492. The van der Waals surface area contributed by atoms with Crippen LogP contribution in [-0.4, -0.2) is 58.7 Å². The molecule has 4 rings (SSSR count). The van der Waals surface area contributed by atoms with Gasteiger partial charge in [-0.3, -0.25) is 4.57 Å². The second-order valence-corrected chi connectivity index (χ2v) is 7.76. The molecule has 1 aromatic carbocycles. The van der Waals surface area contributed by atoms with E-state index >= 15 is 4.39 Å². The van der Waals surface area contributed by atoms with Crippen LogP contribution in [0.15, 0.2) is 24.5 Å². The molecule has 3 heterocycles. The lowest BCUT2D eigenvalue weighted by Crippen LogP contribution is -2.41. The predicted molar refractivity (Wildman–Crippen MR) is 117 cm³/mol. The molecular weight excluding hydrogens is 419 g/mol. The number of nitrogens with one attached hydrogen (secondary N) is 1. The van der Waals surface area contributed by atoms with Gasteiger partial charge in [0.05, 0.1) is 33.3 Å². The first-order valence-corrected chi connectivity index (χ1v) is 10.1. The molecule has 0 spiro atoms. The maximum absolute atomic E-state index is 16.2. The largest absolute Gasteiger partial charge is 0.497 e. The average Bonchev–Trinajstić information content (AvgIpc) is 3.28. The summed E-state index contributed by atoms with van der Waals surface area (Å²) in [5.41, 5.74) is 5.52. The summed E-state index contributed by atoms with van der Waals surface area (Å²) in [6.07, 6.45) is -0.933. The lowest BCUT2D eigenvalue weighted by atomic mass is 9.98. The van der Waals surface area contributed by atoms with E-state index in [0.717, 1.165) is 5.56 Å². The van der Waals surface area contributed by atoms with E-state index in [1.807, 2.05) is 0 Å². The van der Waals surface area contributed by atoms with Crippen LogP contribution in [0.1, 0.15) is 25.6 Å². The van der Waals surface area contributed by atoms with Gasteiger partial charge in [-0.1, -0.05) is 0 Å². The molecule has 1 fully saturated rings. The molecule has 1 saturated heterocycles. The molecule has 1 aliphatic heterocycles. The van der Waals surface area contributed by atoms with Crippen LogP contribution < -0.4 is 20.5 Å². The first kappa shape index (κ1) is 22.0. The number of nitrogens with zero attached hydrogens (tertiary/aromatic N) is 4. The van der Waals surface area contributed by atoms with Crippen LogP contribution in [0.3, 0.4) is 0 Å². The van der Waals surface area contributed by atoms with Gasteiger partial charge in [0.15, 0.2) is 28.9 Å². The number of methoxy groups -OCH3 is 2. The topological polar surface area (TPSA) is 119 Å².